The van der Waals surface area contributed by atoms with Crippen molar-refractivity contribution >= 4 is 39.3 Å². The molecule has 0 aliphatic carbocycles. The number of carbonyl (C=O) groups is 2. The van der Waals surface area contributed by atoms with Crippen LogP contribution in [-0.4, -0.2) is 50.3 Å². The molecule has 2 amide bonds. The van der Waals surface area contributed by atoms with Gasteiger partial charge in [-0.15, -0.1) is 11.3 Å². The quantitative estimate of drug-likeness (QED) is 0.589. The molecule has 1 aliphatic heterocycles. The second kappa shape index (κ2) is 9.01. The van der Waals surface area contributed by atoms with Gasteiger partial charge in [0, 0.05) is 24.8 Å². The molecule has 4 rings (SSSR count). The normalized spacial score (nSPS) is 17.2. The highest BCUT2D eigenvalue weighted by Crippen LogP contribution is 2.28. The van der Waals surface area contributed by atoms with E-state index in [-0.39, 0.29) is 35.3 Å². The summed E-state index contributed by atoms with van der Waals surface area (Å²) in [5.74, 6) is -0.653. The summed E-state index contributed by atoms with van der Waals surface area (Å²) in [6.45, 7) is 8.50. The van der Waals surface area contributed by atoms with Crippen molar-refractivity contribution in [3.05, 3.63) is 47.0 Å². The first-order valence-electron chi connectivity index (χ1n) is 10.8. The SMILES string of the molecule is CC(Nc1nc(C(=O)N2CCC(C(=O)NC(C)(C)C)C2)c2sccc2n1)c1cncc(F)c1. The maximum atomic E-state index is 13.6. The molecule has 1 aliphatic rings. The molecule has 10 heteroatoms. The lowest BCUT2D eigenvalue weighted by Gasteiger charge is -2.23. The van der Waals surface area contributed by atoms with Gasteiger partial charge in [0.1, 0.15) is 5.82 Å². The minimum atomic E-state index is -0.426. The summed E-state index contributed by atoms with van der Waals surface area (Å²) in [6, 6.07) is 2.92. The van der Waals surface area contributed by atoms with Crippen molar-refractivity contribution < 1.29 is 14.0 Å². The van der Waals surface area contributed by atoms with E-state index in [0.717, 1.165) is 6.20 Å². The number of fused-ring (bicyclic) bond motifs is 1. The first-order valence-corrected chi connectivity index (χ1v) is 11.7. The molecular weight excluding hydrogens is 443 g/mol. The molecule has 0 bridgehead atoms. The highest BCUT2D eigenvalue weighted by Gasteiger charge is 2.34. The molecule has 3 aromatic heterocycles. The third-order valence-corrected chi connectivity index (χ3v) is 6.33. The van der Waals surface area contributed by atoms with E-state index >= 15 is 0 Å². The van der Waals surface area contributed by atoms with E-state index in [9.17, 15) is 14.0 Å². The van der Waals surface area contributed by atoms with Crippen LogP contribution in [0.15, 0.2) is 29.9 Å². The summed E-state index contributed by atoms with van der Waals surface area (Å²) in [4.78, 5) is 40.5. The van der Waals surface area contributed by atoms with Crippen LogP contribution >= 0.6 is 11.3 Å². The Hall–Kier alpha value is -3.14. The Morgan fingerprint density at radius 2 is 2.06 bits per heavy atom. The van der Waals surface area contributed by atoms with E-state index in [1.54, 1.807) is 11.1 Å². The number of rotatable bonds is 5. The average Bonchev–Trinajstić information content (AvgIpc) is 3.41. The van der Waals surface area contributed by atoms with E-state index in [1.165, 1.54) is 17.4 Å². The largest absolute Gasteiger partial charge is 0.351 e. The van der Waals surface area contributed by atoms with Gasteiger partial charge >= 0.3 is 0 Å². The summed E-state index contributed by atoms with van der Waals surface area (Å²) in [5.41, 5.74) is 1.29. The standard InChI is InChI=1S/C23H27FN6O2S/c1-13(15-9-16(24)11-25-10-15)26-22-27-17-6-8-33-19(17)18(28-22)21(32)30-7-5-14(12-30)20(31)29-23(2,3)4/h6,8-11,13-14H,5,7,12H2,1-4H3,(H,29,31)(H,26,27,28). The van der Waals surface area contributed by atoms with Gasteiger partial charge in [-0.3, -0.25) is 14.6 Å². The lowest BCUT2D eigenvalue weighted by atomic mass is 10.0. The van der Waals surface area contributed by atoms with Crippen molar-refractivity contribution in [2.45, 2.75) is 45.7 Å². The molecule has 2 unspecified atom stereocenters. The van der Waals surface area contributed by atoms with Gasteiger partial charge in [0.2, 0.25) is 11.9 Å². The van der Waals surface area contributed by atoms with E-state index in [0.29, 0.717) is 41.0 Å². The van der Waals surface area contributed by atoms with E-state index < -0.39 is 5.82 Å². The molecule has 174 valence electrons. The number of likely N-dealkylation sites (tertiary alicyclic amines) is 1. The average molecular weight is 471 g/mol. The van der Waals surface area contributed by atoms with Crippen molar-refractivity contribution in [2.24, 2.45) is 5.92 Å². The molecule has 3 aromatic rings. The topological polar surface area (TPSA) is 100 Å². The van der Waals surface area contributed by atoms with Gasteiger partial charge in [-0.2, -0.15) is 0 Å². The van der Waals surface area contributed by atoms with Crippen molar-refractivity contribution in [3.8, 4) is 0 Å². The van der Waals surface area contributed by atoms with E-state index in [4.69, 9.17) is 0 Å². The predicted octanol–water partition coefficient (Wildman–Crippen LogP) is 3.78. The zero-order valence-electron chi connectivity index (χ0n) is 19.1. The lowest BCUT2D eigenvalue weighted by Crippen LogP contribution is -2.44. The number of nitrogens with zero attached hydrogens (tertiary/aromatic N) is 4. The molecular formula is C23H27FN6O2S. The summed E-state index contributed by atoms with van der Waals surface area (Å²) >= 11 is 1.40. The van der Waals surface area contributed by atoms with Crippen LogP contribution in [0.3, 0.4) is 0 Å². The number of carbonyl (C=O) groups excluding carboxylic acids is 2. The van der Waals surface area contributed by atoms with Crippen LogP contribution in [0, 0.1) is 11.7 Å². The number of thiophene rings is 1. The molecule has 1 fully saturated rings. The Morgan fingerprint density at radius 1 is 1.27 bits per heavy atom. The Labute approximate surface area is 195 Å². The van der Waals surface area contributed by atoms with Crippen molar-refractivity contribution in [2.75, 3.05) is 18.4 Å². The zero-order chi connectivity index (χ0) is 23.8. The van der Waals surface area contributed by atoms with Gasteiger partial charge in [-0.1, -0.05) is 0 Å². The first kappa shape index (κ1) is 23.0. The molecule has 0 saturated carbocycles. The van der Waals surface area contributed by atoms with Gasteiger partial charge < -0.3 is 15.5 Å². The fourth-order valence-corrected chi connectivity index (χ4v) is 4.61. The zero-order valence-corrected chi connectivity index (χ0v) is 19.9. The molecule has 0 spiro atoms. The third kappa shape index (κ3) is 5.27. The maximum absolute atomic E-state index is 13.6. The monoisotopic (exact) mass is 470 g/mol. The summed E-state index contributed by atoms with van der Waals surface area (Å²) in [5, 5.41) is 8.01. The predicted molar refractivity (Wildman–Crippen MR) is 126 cm³/mol. The molecule has 0 aromatic carbocycles. The Morgan fingerprint density at radius 3 is 2.79 bits per heavy atom. The van der Waals surface area contributed by atoms with E-state index in [1.807, 2.05) is 39.1 Å². The number of anilines is 1. The number of pyridine rings is 1. The Bertz CT molecular complexity index is 1190. The fraction of sp³-hybridized carbons (Fsp3) is 0.435. The lowest BCUT2D eigenvalue weighted by molar-refractivity contribution is -0.126. The first-order chi connectivity index (χ1) is 15.6. The number of halogens is 1. The van der Waals surface area contributed by atoms with Crippen LogP contribution in [0.2, 0.25) is 0 Å². The Balaban J connectivity index is 1.54. The van der Waals surface area contributed by atoms with Crippen molar-refractivity contribution in [1.82, 2.24) is 25.2 Å². The van der Waals surface area contributed by atoms with Crippen molar-refractivity contribution in [1.29, 1.82) is 0 Å². The maximum Gasteiger partial charge on any atom is 0.274 e. The second-order valence-corrected chi connectivity index (χ2v) is 10.2. The Kier molecular flexibility index (Phi) is 6.29. The van der Waals surface area contributed by atoms with Gasteiger partial charge in [0.15, 0.2) is 5.69 Å². The molecule has 1 saturated heterocycles. The number of nitrogens with one attached hydrogen (secondary N) is 2. The van der Waals surface area contributed by atoms with Crippen LogP contribution in [-0.2, 0) is 4.79 Å². The molecule has 33 heavy (non-hydrogen) atoms. The highest BCUT2D eigenvalue weighted by atomic mass is 32.1. The molecule has 2 N–H and O–H groups in total. The molecule has 4 heterocycles. The minimum Gasteiger partial charge on any atom is -0.351 e. The molecule has 0 radical (unpaired) electrons. The van der Waals surface area contributed by atoms with Gasteiger partial charge in [0.25, 0.3) is 5.91 Å². The minimum absolute atomic E-state index is 0.0401. The van der Waals surface area contributed by atoms with Crippen LogP contribution in [0.25, 0.3) is 10.2 Å². The highest BCUT2D eigenvalue weighted by molar-refractivity contribution is 7.17. The number of hydrogen-bond acceptors (Lipinski definition) is 7. The van der Waals surface area contributed by atoms with Gasteiger partial charge in [-0.05, 0) is 57.2 Å². The molecule has 8 nitrogen and oxygen atoms in total. The van der Waals surface area contributed by atoms with Crippen LogP contribution < -0.4 is 10.6 Å². The number of aromatic nitrogens is 3. The molecule has 2 atom stereocenters. The summed E-state index contributed by atoms with van der Waals surface area (Å²) < 4.78 is 14.3. The summed E-state index contributed by atoms with van der Waals surface area (Å²) in [7, 11) is 0. The van der Waals surface area contributed by atoms with Crippen LogP contribution in [0.5, 0.6) is 0 Å². The van der Waals surface area contributed by atoms with Crippen molar-refractivity contribution in [3.63, 3.8) is 0 Å². The van der Waals surface area contributed by atoms with Gasteiger partial charge in [-0.25, -0.2) is 14.4 Å². The summed E-state index contributed by atoms with van der Waals surface area (Å²) in [6.07, 6.45) is 3.33. The smallest absolute Gasteiger partial charge is 0.274 e. The van der Waals surface area contributed by atoms with Crippen LogP contribution in [0.1, 0.15) is 56.2 Å². The van der Waals surface area contributed by atoms with Crippen LogP contribution in [0.4, 0.5) is 10.3 Å². The number of amides is 2. The second-order valence-electron chi connectivity index (χ2n) is 9.31. The van der Waals surface area contributed by atoms with Gasteiger partial charge in [0.05, 0.1) is 28.4 Å². The fourth-order valence-electron chi connectivity index (χ4n) is 3.80. The third-order valence-electron chi connectivity index (χ3n) is 5.42. The van der Waals surface area contributed by atoms with E-state index in [2.05, 4.69) is 25.6 Å². The number of hydrogen-bond donors (Lipinski definition) is 2.